The maximum absolute atomic E-state index is 12.6. The lowest BCUT2D eigenvalue weighted by molar-refractivity contribution is -0.165. The summed E-state index contributed by atoms with van der Waals surface area (Å²) >= 11 is 26.7. The fourth-order valence-electron chi connectivity index (χ4n) is 8.90. The van der Waals surface area contributed by atoms with Crippen molar-refractivity contribution in [2.24, 2.45) is 33.0 Å². The van der Waals surface area contributed by atoms with Crippen molar-refractivity contribution in [1.82, 2.24) is 10.1 Å². The van der Waals surface area contributed by atoms with Gasteiger partial charge in [0.05, 0.1) is 59.7 Å². The number of oxime groups is 2. The number of carbonyl (C=O) groups excluding carboxylic acids is 4. The molecule has 0 saturated carbocycles. The number of thioether (sulfide) groups is 2. The topological polar surface area (TPSA) is 177 Å². The van der Waals surface area contributed by atoms with Gasteiger partial charge in [0.25, 0.3) is 11.8 Å². The van der Waals surface area contributed by atoms with Gasteiger partial charge in [-0.2, -0.15) is 23.5 Å². The van der Waals surface area contributed by atoms with E-state index in [1.165, 1.54) is 21.2 Å². The van der Waals surface area contributed by atoms with Crippen molar-refractivity contribution < 1.29 is 48.7 Å². The molecule has 2 aliphatic carbocycles. The number of hydroxylamine groups is 4. The van der Waals surface area contributed by atoms with Gasteiger partial charge in [-0.15, -0.1) is 0 Å². The van der Waals surface area contributed by atoms with E-state index < -0.39 is 10.8 Å². The minimum atomic E-state index is -0.429. The van der Waals surface area contributed by atoms with E-state index in [4.69, 9.17) is 65.8 Å². The van der Waals surface area contributed by atoms with Crippen LogP contribution in [0.2, 0.25) is 10.0 Å². The molecule has 2 aromatic rings. The van der Waals surface area contributed by atoms with E-state index in [0.29, 0.717) is 108 Å². The fourth-order valence-corrected chi connectivity index (χ4v) is 11.4. The summed E-state index contributed by atoms with van der Waals surface area (Å²) < 4.78 is 0. The number of aliphatic hydroxyl groups is 2. The third-order valence-corrected chi connectivity index (χ3v) is 16.1. The predicted molar refractivity (Wildman–Crippen MR) is 325 cm³/mol. The van der Waals surface area contributed by atoms with Gasteiger partial charge in [-0.25, -0.2) is 10.1 Å². The highest BCUT2D eigenvalue weighted by Crippen LogP contribution is 2.35. The number of carbonyl (C=O) groups is 4. The summed E-state index contributed by atoms with van der Waals surface area (Å²) in [6.45, 7) is 22.2. The number of aliphatic hydroxyl groups excluding tert-OH is 2. The molecule has 2 aliphatic heterocycles. The maximum atomic E-state index is 12.6. The molecular weight excluding hydrogens is 1130 g/mol. The summed E-state index contributed by atoms with van der Waals surface area (Å²) in [5, 5.41) is 33.9. The first kappa shape index (κ1) is 69.3. The zero-order valence-corrected chi connectivity index (χ0v) is 52.2. The summed E-state index contributed by atoms with van der Waals surface area (Å²) in [5.41, 5.74) is 5.39. The molecule has 2 fully saturated rings. The zero-order chi connectivity index (χ0) is 58.7. The lowest BCUT2D eigenvalue weighted by Gasteiger charge is -2.25. The smallest absolute Gasteiger partial charge is 0.254 e. The van der Waals surface area contributed by atoms with Gasteiger partial charge in [-0.1, -0.05) is 141 Å². The number of halogens is 4. The summed E-state index contributed by atoms with van der Waals surface area (Å²) in [4.78, 5) is 69.8. The normalized spacial score (nSPS) is 20.2. The first-order chi connectivity index (χ1) is 37.6. The average Bonchev–Trinajstić information content (AvgIpc) is 3.81. The highest BCUT2D eigenvalue weighted by atomic mass is 35.5. The fraction of sp³-hybridized carbons (Fsp3) is 0.559. The number of amides is 2. The van der Waals surface area contributed by atoms with Gasteiger partial charge in [0.2, 0.25) is 0 Å². The van der Waals surface area contributed by atoms with Gasteiger partial charge < -0.3 is 19.9 Å². The van der Waals surface area contributed by atoms with Gasteiger partial charge in [0.15, 0.2) is 11.6 Å². The molecular formula is C59H82Cl4N4O10S2. The molecule has 0 bridgehead atoms. The molecule has 2 aromatic carbocycles. The lowest BCUT2D eigenvalue weighted by atomic mass is 9.82. The van der Waals surface area contributed by atoms with Crippen LogP contribution >= 0.6 is 69.9 Å². The highest BCUT2D eigenvalue weighted by Gasteiger charge is 2.41. The van der Waals surface area contributed by atoms with Crippen LogP contribution < -0.4 is 0 Å². The van der Waals surface area contributed by atoms with Gasteiger partial charge in [-0.3, -0.25) is 28.9 Å². The first-order valence-corrected chi connectivity index (χ1v) is 30.7. The van der Waals surface area contributed by atoms with E-state index in [9.17, 15) is 29.4 Å². The van der Waals surface area contributed by atoms with Crippen LogP contribution in [0, 0.1) is 22.7 Å². The van der Waals surface area contributed by atoms with Gasteiger partial charge >= 0.3 is 0 Å². The number of nitrogens with zero attached hydrogens (tertiary/aromatic N) is 4. The van der Waals surface area contributed by atoms with E-state index in [-0.39, 0.29) is 59.9 Å². The van der Waals surface area contributed by atoms with Crippen LogP contribution in [0.5, 0.6) is 0 Å². The van der Waals surface area contributed by atoms with Crippen LogP contribution in [-0.2, 0) is 51.6 Å². The Balaban J connectivity index is 0.000000281. The molecule has 2 N–H and O–H groups in total. The van der Waals surface area contributed by atoms with Gasteiger partial charge in [-0.05, 0) is 112 Å². The number of ketones is 2. The van der Waals surface area contributed by atoms with Crippen LogP contribution in [0.1, 0.15) is 138 Å². The zero-order valence-electron chi connectivity index (χ0n) is 47.5. The molecule has 0 spiro atoms. The van der Waals surface area contributed by atoms with E-state index in [0.717, 1.165) is 41.9 Å². The average molecular weight is 1210 g/mol. The Hall–Kier alpha value is -4.00. The molecule has 2 heterocycles. The highest BCUT2D eigenvalue weighted by molar-refractivity contribution is 8.00. The quantitative estimate of drug-likeness (QED) is 0.0612. The molecule has 0 aromatic heterocycles. The molecule has 2 saturated heterocycles. The SMILES string of the molecule is CC1(C)CON(Cc2ccccc2Cl)C1=O.CC1(C)CON(Cc2ccccc2Cl)C1=O.CCC/C(=N\OC/C=C/Cl)C1=C(O)CC(CC(C)SCC)CC1=O.CCSC(C)CC1CC(=O)C(/C(CC)=N/OC/C=C/Cl)=C(O)C1. The number of hydrogen-bond donors (Lipinski definition) is 2. The van der Waals surface area contributed by atoms with Crippen LogP contribution in [0.4, 0.5) is 0 Å². The molecule has 20 heteroatoms. The van der Waals surface area contributed by atoms with Crippen LogP contribution in [-0.4, -0.2) is 104 Å². The Morgan fingerprint density at radius 3 is 1.39 bits per heavy atom. The molecule has 4 unspecified atom stereocenters. The molecule has 0 radical (unpaired) electrons. The number of rotatable bonds is 23. The number of benzene rings is 2. The number of allylic oxidation sites excluding steroid dienone is 4. The summed E-state index contributed by atoms with van der Waals surface area (Å²) in [6, 6.07) is 14.9. The van der Waals surface area contributed by atoms with E-state index in [1.807, 2.05) is 114 Å². The molecule has 438 valence electrons. The van der Waals surface area contributed by atoms with Crippen molar-refractivity contribution in [2.75, 3.05) is 37.9 Å². The third-order valence-electron chi connectivity index (χ3n) is 12.9. The Morgan fingerprint density at radius 2 is 1.06 bits per heavy atom. The minimum Gasteiger partial charge on any atom is -0.511 e. The van der Waals surface area contributed by atoms with Crippen LogP contribution in [0.3, 0.4) is 0 Å². The number of Topliss-reactive ketones (excluding diaryl/α,β-unsaturated/α-hetero) is 2. The minimum absolute atomic E-state index is 0.00687. The molecule has 6 rings (SSSR count). The predicted octanol–water partition coefficient (Wildman–Crippen LogP) is 15.4. The second-order valence-corrected chi connectivity index (χ2v) is 25.5. The Bertz CT molecular complexity index is 2420. The van der Waals surface area contributed by atoms with Crippen molar-refractivity contribution in [3.63, 3.8) is 0 Å². The molecule has 79 heavy (non-hydrogen) atoms. The summed E-state index contributed by atoms with van der Waals surface area (Å²) in [6.07, 6.45) is 9.09. The largest absolute Gasteiger partial charge is 0.511 e. The standard InChI is InChI=1S/C18H28ClNO3S.C17H26ClNO3S.2C12H14ClNO2/c1-4-7-15(20-23-9-6-8-19)18-16(21)11-14(12-17(18)22)10-13(3)24-5-2;1-4-14(19-22-8-6-7-18)17-15(20)10-13(11-16(17)21)9-12(3)23-5-2;2*1-12(2)8-16-14(11(12)15)7-9-5-3-4-6-10(9)13/h6,8,13-14,21H,4-5,7,9-12H2,1-3H3;6-7,12-13,20H,4-5,8-11H2,1-3H3;2*3-6H,7-8H2,1-2H3/b8-6+,20-15+;7-6+,19-14+;;. The van der Waals surface area contributed by atoms with Gasteiger partial charge in [0, 0.05) is 57.3 Å². The van der Waals surface area contributed by atoms with Gasteiger partial charge in [0.1, 0.15) is 24.7 Å². The molecule has 4 atom stereocenters. The van der Waals surface area contributed by atoms with Crippen LogP contribution in [0.25, 0.3) is 0 Å². The first-order valence-electron chi connectivity index (χ1n) is 27.0. The second kappa shape index (κ2) is 35.8. The molecule has 4 aliphatic rings. The molecule has 2 amide bonds. The monoisotopic (exact) mass is 1210 g/mol. The van der Waals surface area contributed by atoms with Crippen molar-refractivity contribution in [3.05, 3.63) is 116 Å². The van der Waals surface area contributed by atoms with Crippen molar-refractivity contribution >= 4 is 105 Å². The Morgan fingerprint density at radius 1 is 0.671 bits per heavy atom. The van der Waals surface area contributed by atoms with Crippen molar-refractivity contribution in [1.29, 1.82) is 0 Å². The van der Waals surface area contributed by atoms with Crippen molar-refractivity contribution in [3.8, 4) is 0 Å². The van der Waals surface area contributed by atoms with E-state index in [1.54, 1.807) is 12.2 Å². The Kier molecular flexibility index (Phi) is 31.4. The maximum Gasteiger partial charge on any atom is 0.254 e. The summed E-state index contributed by atoms with van der Waals surface area (Å²) in [7, 11) is 0. The lowest BCUT2D eigenvalue weighted by Crippen LogP contribution is -2.30. The van der Waals surface area contributed by atoms with Crippen molar-refractivity contribution in [2.45, 2.75) is 151 Å². The number of hydrogen-bond acceptors (Lipinski definition) is 14. The second-order valence-electron chi connectivity index (χ2n) is 20.7. The third kappa shape index (κ3) is 23.1. The molecule has 14 nitrogen and oxygen atoms in total. The van der Waals surface area contributed by atoms with Crippen LogP contribution in [0.15, 0.2) is 105 Å². The summed E-state index contributed by atoms with van der Waals surface area (Å²) in [5.74, 6) is 2.80. The Labute approximate surface area is 497 Å². The van der Waals surface area contributed by atoms with E-state index in [2.05, 4.69) is 38.0 Å². The van der Waals surface area contributed by atoms with E-state index >= 15 is 0 Å².